The third-order valence-corrected chi connectivity index (χ3v) is 6.07. The molecular formula is C19H25N3O2SSi. The monoisotopic (exact) mass is 387 g/mol. The van der Waals surface area contributed by atoms with Crippen molar-refractivity contribution in [2.75, 3.05) is 6.61 Å². The van der Waals surface area contributed by atoms with E-state index in [1.807, 2.05) is 41.1 Å². The molecule has 3 aromatic rings. The van der Waals surface area contributed by atoms with Gasteiger partial charge in [0.25, 0.3) is 0 Å². The third-order valence-electron chi connectivity index (χ3n) is 4.04. The van der Waals surface area contributed by atoms with Crippen molar-refractivity contribution >= 4 is 31.7 Å². The van der Waals surface area contributed by atoms with E-state index in [0.717, 1.165) is 34.1 Å². The summed E-state index contributed by atoms with van der Waals surface area (Å²) >= 11 is 4.53. The van der Waals surface area contributed by atoms with Gasteiger partial charge in [-0.25, -0.2) is 4.98 Å². The van der Waals surface area contributed by atoms with Crippen LogP contribution >= 0.6 is 12.6 Å². The first-order valence-electron chi connectivity index (χ1n) is 8.71. The second-order valence-electron chi connectivity index (χ2n) is 7.48. The molecule has 0 spiro atoms. The Morgan fingerprint density at radius 2 is 1.88 bits per heavy atom. The van der Waals surface area contributed by atoms with Gasteiger partial charge in [-0.15, -0.1) is 12.6 Å². The first kappa shape index (κ1) is 18.9. The zero-order chi connectivity index (χ0) is 18.6. The van der Waals surface area contributed by atoms with Crippen LogP contribution in [-0.2, 0) is 18.1 Å². The number of ether oxygens (including phenoxy) is 2. The molecule has 0 saturated heterocycles. The van der Waals surface area contributed by atoms with Crippen molar-refractivity contribution in [2.45, 2.75) is 43.9 Å². The van der Waals surface area contributed by atoms with Crippen LogP contribution in [-0.4, -0.2) is 29.2 Å². The number of thiol groups is 1. The lowest BCUT2D eigenvalue weighted by Gasteiger charge is -2.16. The molecule has 0 unspecified atom stereocenters. The molecular weight excluding hydrogens is 362 g/mol. The van der Waals surface area contributed by atoms with Gasteiger partial charge in [-0.2, -0.15) is 4.98 Å². The molecule has 26 heavy (non-hydrogen) atoms. The maximum absolute atomic E-state index is 5.97. The standard InChI is InChI=1S/C19H25N3O2SSi/c1-26(2,3)10-9-23-14-22-11-16(25)17-18(22)19(21-13-20-17)24-12-15-7-5-4-6-8-15/h4-8,11,13,25H,9-10,12,14H2,1-3H3. The molecule has 2 aromatic heterocycles. The first-order valence-corrected chi connectivity index (χ1v) is 12.9. The molecule has 7 heteroatoms. The summed E-state index contributed by atoms with van der Waals surface area (Å²) in [5.41, 5.74) is 2.69. The van der Waals surface area contributed by atoms with Gasteiger partial charge in [0.1, 0.15) is 30.7 Å². The average Bonchev–Trinajstić information content (AvgIpc) is 2.94. The normalized spacial score (nSPS) is 11.8. The van der Waals surface area contributed by atoms with Crippen LogP contribution in [0.5, 0.6) is 5.88 Å². The molecule has 0 aliphatic heterocycles. The lowest BCUT2D eigenvalue weighted by molar-refractivity contribution is 0.0895. The quantitative estimate of drug-likeness (QED) is 0.348. The van der Waals surface area contributed by atoms with Crippen molar-refractivity contribution < 1.29 is 9.47 Å². The molecule has 5 nitrogen and oxygen atoms in total. The van der Waals surface area contributed by atoms with E-state index in [1.54, 1.807) is 0 Å². The Kier molecular flexibility index (Phi) is 6.00. The van der Waals surface area contributed by atoms with Crippen LogP contribution in [0.3, 0.4) is 0 Å². The van der Waals surface area contributed by atoms with Crippen LogP contribution in [0.1, 0.15) is 5.56 Å². The minimum absolute atomic E-state index is 0.441. The molecule has 3 rings (SSSR count). The summed E-state index contributed by atoms with van der Waals surface area (Å²) in [7, 11) is -1.10. The van der Waals surface area contributed by atoms with Crippen molar-refractivity contribution in [3.05, 3.63) is 48.4 Å². The Morgan fingerprint density at radius 1 is 1.12 bits per heavy atom. The molecule has 0 fully saturated rings. The van der Waals surface area contributed by atoms with Crippen molar-refractivity contribution in [1.29, 1.82) is 0 Å². The van der Waals surface area contributed by atoms with Crippen molar-refractivity contribution in [2.24, 2.45) is 0 Å². The van der Waals surface area contributed by atoms with E-state index >= 15 is 0 Å². The highest BCUT2D eigenvalue weighted by atomic mass is 32.1. The lowest BCUT2D eigenvalue weighted by Crippen LogP contribution is -2.22. The minimum Gasteiger partial charge on any atom is -0.471 e. The van der Waals surface area contributed by atoms with E-state index in [1.165, 1.54) is 6.33 Å². The number of fused-ring (bicyclic) bond motifs is 1. The van der Waals surface area contributed by atoms with E-state index in [4.69, 9.17) is 9.47 Å². The summed E-state index contributed by atoms with van der Waals surface area (Å²) in [5, 5.41) is 0. The molecule has 2 heterocycles. The molecule has 0 N–H and O–H groups in total. The number of rotatable bonds is 8. The van der Waals surface area contributed by atoms with Gasteiger partial charge in [-0.1, -0.05) is 50.0 Å². The van der Waals surface area contributed by atoms with Crippen LogP contribution in [0, 0.1) is 0 Å². The fraction of sp³-hybridized carbons (Fsp3) is 0.368. The van der Waals surface area contributed by atoms with Crippen LogP contribution in [0.4, 0.5) is 0 Å². The molecule has 0 saturated carbocycles. The maximum Gasteiger partial charge on any atom is 0.242 e. The third kappa shape index (κ3) is 4.87. The second kappa shape index (κ2) is 8.24. The van der Waals surface area contributed by atoms with Crippen molar-refractivity contribution in [3.63, 3.8) is 0 Å². The number of aromatic nitrogens is 3. The molecule has 0 aliphatic carbocycles. The molecule has 0 bridgehead atoms. The molecule has 0 atom stereocenters. The number of benzene rings is 1. The van der Waals surface area contributed by atoms with Gasteiger partial charge in [0, 0.05) is 25.8 Å². The van der Waals surface area contributed by atoms with Gasteiger partial charge in [0.2, 0.25) is 5.88 Å². The summed E-state index contributed by atoms with van der Waals surface area (Å²) in [6.07, 6.45) is 3.44. The topological polar surface area (TPSA) is 49.2 Å². The van der Waals surface area contributed by atoms with Crippen molar-refractivity contribution in [3.8, 4) is 5.88 Å². The molecule has 0 radical (unpaired) electrons. The number of nitrogens with zero attached hydrogens (tertiary/aromatic N) is 3. The number of hydrogen-bond acceptors (Lipinski definition) is 5. The van der Waals surface area contributed by atoms with E-state index < -0.39 is 8.07 Å². The average molecular weight is 388 g/mol. The van der Waals surface area contributed by atoms with E-state index in [9.17, 15) is 0 Å². The Hall–Kier alpha value is -1.83. The van der Waals surface area contributed by atoms with E-state index in [0.29, 0.717) is 19.2 Å². The number of hydrogen-bond donors (Lipinski definition) is 1. The van der Waals surface area contributed by atoms with Crippen molar-refractivity contribution in [1.82, 2.24) is 14.5 Å². The molecule has 0 amide bonds. The van der Waals surface area contributed by atoms with Gasteiger partial charge < -0.3 is 14.0 Å². The zero-order valence-corrected chi connectivity index (χ0v) is 17.4. The fourth-order valence-electron chi connectivity index (χ4n) is 2.56. The summed E-state index contributed by atoms with van der Waals surface area (Å²) in [5.74, 6) is 0.549. The van der Waals surface area contributed by atoms with Gasteiger partial charge in [0.05, 0.1) is 0 Å². The maximum atomic E-state index is 5.97. The Balaban J connectivity index is 1.76. The molecule has 138 valence electrons. The predicted molar refractivity (Wildman–Crippen MR) is 110 cm³/mol. The first-order chi connectivity index (χ1) is 12.4. The highest BCUT2D eigenvalue weighted by Gasteiger charge is 2.16. The highest BCUT2D eigenvalue weighted by molar-refractivity contribution is 7.80. The van der Waals surface area contributed by atoms with Crippen LogP contribution in [0.2, 0.25) is 25.7 Å². The summed E-state index contributed by atoms with van der Waals surface area (Å²) in [6.45, 7) is 8.68. The SMILES string of the molecule is C[Si](C)(C)CCOCn1cc(S)c2ncnc(OCc3ccccc3)c21. The minimum atomic E-state index is -1.10. The fourth-order valence-corrected chi connectivity index (χ4v) is 3.62. The second-order valence-corrected chi connectivity index (χ2v) is 13.6. The lowest BCUT2D eigenvalue weighted by atomic mass is 10.2. The summed E-state index contributed by atoms with van der Waals surface area (Å²) in [6, 6.07) is 11.2. The predicted octanol–water partition coefficient (Wildman–Crippen LogP) is 4.61. The summed E-state index contributed by atoms with van der Waals surface area (Å²) < 4.78 is 13.8. The van der Waals surface area contributed by atoms with Gasteiger partial charge in [-0.3, -0.25) is 0 Å². The van der Waals surface area contributed by atoms with Gasteiger partial charge >= 0.3 is 0 Å². The van der Waals surface area contributed by atoms with E-state index in [-0.39, 0.29) is 0 Å². The molecule has 1 aromatic carbocycles. The van der Waals surface area contributed by atoms with Crippen LogP contribution in [0.25, 0.3) is 11.0 Å². The Bertz CT molecular complexity index is 862. The molecule has 0 aliphatic rings. The van der Waals surface area contributed by atoms with Gasteiger partial charge in [-0.05, 0) is 11.6 Å². The Morgan fingerprint density at radius 3 is 2.62 bits per heavy atom. The Labute approximate surface area is 160 Å². The van der Waals surface area contributed by atoms with E-state index in [2.05, 4.69) is 42.2 Å². The summed E-state index contributed by atoms with van der Waals surface area (Å²) in [4.78, 5) is 9.47. The van der Waals surface area contributed by atoms with Gasteiger partial charge in [0.15, 0.2) is 0 Å². The van der Waals surface area contributed by atoms with Crippen LogP contribution < -0.4 is 4.74 Å². The smallest absolute Gasteiger partial charge is 0.242 e. The van der Waals surface area contributed by atoms with Crippen LogP contribution in [0.15, 0.2) is 47.8 Å². The largest absolute Gasteiger partial charge is 0.471 e. The highest BCUT2D eigenvalue weighted by Crippen LogP contribution is 2.29. The zero-order valence-electron chi connectivity index (χ0n) is 15.5.